The van der Waals surface area contributed by atoms with Crippen molar-refractivity contribution >= 4 is 23.2 Å². The summed E-state index contributed by atoms with van der Waals surface area (Å²) in [7, 11) is 3.63. The average molecular weight is 424 g/mol. The van der Waals surface area contributed by atoms with E-state index < -0.39 is 6.04 Å². The summed E-state index contributed by atoms with van der Waals surface area (Å²) < 4.78 is 7.36. The van der Waals surface area contributed by atoms with Gasteiger partial charge in [-0.2, -0.15) is 0 Å². The number of carbonyl (C=O) groups is 1. The highest BCUT2D eigenvalue weighted by Gasteiger charge is 2.37. The molecular weight excluding hydrogens is 398 g/mol. The Labute approximate surface area is 182 Å². The lowest BCUT2D eigenvalue weighted by Gasteiger charge is -2.33. The number of aryl methyl sites for hydroxylation is 1. The van der Waals surface area contributed by atoms with Crippen molar-refractivity contribution in [2.45, 2.75) is 24.9 Å². The van der Waals surface area contributed by atoms with Crippen LogP contribution in [-0.2, 0) is 11.8 Å². The molecular formula is C24H26ClN3O2. The largest absolute Gasteiger partial charge is 0.495 e. The Balaban J connectivity index is 1.66. The lowest BCUT2D eigenvalue weighted by Crippen LogP contribution is -2.37. The van der Waals surface area contributed by atoms with Gasteiger partial charge in [0.25, 0.3) is 0 Å². The monoisotopic (exact) mass is 423 g/mol. The maximum atomic E-state index is 13.5. The second kappa shape index (κ2) is 8.94. The molecule has 1 N–H and O–H groups in total. The SMILES string of the molecule is COc1ccc(NC(=O)C(c2ccccc2)N2CCCC2c2cccn2C)cc1Cl. The quantitative estimate of drug-likeness (QED) is 0.592. The highest BCUT2D eigenvalue weighted by atomic mass is 35.5. The molecule has 5 nitrogen and oxygen atoms in total. The molecule has 1 aliphatic heterocycles. The van der Waals surface area contributed by atoms with Crippen molar-refractivity contribution in [2.75, 3.05) is 19.0 Å². The summed E-state index contributed by atoms with van der Waals surface area (Å²) in [5, 5.41) is 3.53. The lowest BCUT2D eigenvalue weighted by atomic mass is 10.0. The molecule has 0 radical (unpaired) electrons. The minimum Gasteiger partial charge on any atom is -0.495 e. The Morgan fingerprint density at radius 2 is 1.97 bits per heavy atom. The van der Waals surface area contributed by atoms with Gasteiger partial charge in [0.05, 0.1) is 18.2 Å². The van der Waals surface area contributed by atoms with Crippen LogP contribution in [0.2, 0.25) is 5.02 Å². The summed E-state index contributed by atoms with van der Waals surface area (Å²) in [6.07, 6.45) is 4.15. The number of nitrogens with one attached hydrogen (secondary N) is 1. The highest BCUT2D eigenvalue weighted by Crippen LogP contribution is 2.39. The van der Waals surface area contributed by atoms with Gasteiger partial charge in [-0.05, 0) is 55.3 Å². The van der Waals surface area contributed by atoms with E-state index in [4.69, 9.17) is 16.3 Å². The Hall–Kier alpha value is -2.76. The molecule has 2 aromatic carbocycles. The number of hydrogen-bond donors (Lipinski definition) is 1. The van der Waals surface area contributed by atoms with E-state index in [9.17, 15) is 4.79 Å². The molecule has 6 heteroatoms. The second-order valence-electron chi connectivity index (χ2n) is 7.59. The maximum Gasteiger partial charge on any atom is 0.246 e. The lowest BCUT2D eigenvalue weighted by molar-refractivity contribution is -0.122. The molecule has 0 saturated carbocycles. The Kier molecular flexibility index (Phi) is 6.11. The van der Waals surface area contributed by atoms with Crippen molar-refractivity contribution in [3.8, 4) is 5.75 Å². The van der Waals surface area contributed by atoms with E-state index in [1.54, 1.807) is 19.2 Å². The number of amides is 1. The fraction of sp³-hybridized carbons (Fsp3) is 0.292. The van der Waals surface area contributed by atoms with Crippen LogP contribution in [-0.4, -0.2) is 29.0 Å². The van der Waals surface area contributed by atoms with Crippen molar-refractivity contribution in [1.82, 2.24) is 9.47 Å². The van der Waals surface area contributed by atoms with Gasteiger partial charge in [0, 0.05) is 24.6 Å². The van der Waals surface area contributed by atoms with Crippen LogP contribution in [0.15, 0.2) is 66.9 Å². The zero-order chi connectivity index (χ0) is 21.1. The average Bonchev–Trinajstić information content (AvgIpc) is 3.38. The van der Waals surface area contributed by atoms with Crippen LogP contribution in [0.1, 0.15) is 36.2 Å². The number of likely N-dealkylation sites (tertiary alicyclic amines) is 1. The number of benzene rings is 2. The van der Waals surface area contributed by atoms with Crippen LogP contribution in [0.4, 0.5) is 5.69 Å². The zero-order valence-electron chi connectivity index (χ0n) is 17.2. The molecule has 2 atom stereocenters. The van der Waals surface area contributed by atoms with Crippen molar-refractivity contribution in [3.05, 3.63) is 83.1 Å². The van der Waals surface area contributed by atoms with E-state index in [-0.39, 0.29) is 11.9 Å². The van der Waals surface area contributed by atoms with Crippen LogP contribution in [0, 0.1) is 0 Å². The van der Waals surface area contributed by atoms with Crippen LogP contribution >= 0.6 is 11.6 Å². The predicted octanol–water partition coefficient (Wildman–Crippen LogP) is 5.20. The Morgan fingerprint density at radius 1 is 1.17 bits per heavy atom. The van der Waals surface area contributed by atoms with Gasteiger partial charge < -0.3 is 14.6 Å². The second-order valence-corrected chi connectivity index (χ2v) is 8.00. The van der Waals surface area contributed by atoms with Crippen LogP contribution < -0.4 is 10.1 Å². The number of rotatable bonds is 6. The number of ether oxygens (including phenoxy) is 1. The first kappa shape index (κ1) is 20.5. The molecule has 4 rings (SSSR count). The minimum absolute atomic E-state index is 0.0662. The van der Waals surface area contributed by atoms with Gasteiger partial charge in [0.2, 0.25) is 5.91 Å². The van der Waals surface area contributed by atoms with E-state index in [0.29, 0.717) is 16.5 Å². The maximum absolute atomic E-state index is 13.5. The molecule has 1 aliphatic rings. The number of nitrogens with zero attached hydrogens (tertiary/aromatic N) is 2. The first-order chi connectivity index (χ1) is 14.6. The predicted molar refractivity (Wildman–Crippen MR) is 120 cm³/mol. The molecule has 1 aromatic heterocycles. The van der Waals surface area contributed by atoms with Gasteiger partial charge in [-0.1, -0.05) is 41.9 Å². The molecule has 1 amide bonds. The first-order valence-corrected chi connectivity index (χ1v) is 10.5. The summed E-state index contributed by atoms with van der Waals surface area (Å²) in [5.41, 5.74) is 2.87. The number of carbonyl (C=O) groups excluding carboxylic acids is 1. The molecule has 2 unspecified atom stereocenters. The van der Waals surface area contributed by atoms with Gasteiger partial charge in [-0.3, -0.25) is 9.69 Å². The van der Waals surface area contributed by atoms with Gasteiger partial charge in [0.15, 0.2) is 0 Å². The third kappa shape index (κ3) is 4.09. The standard InChI is InChI=1S/C24H26ClN3O2/c1-27-14-6-10-20(27)21-11-7-15-28(21)23(17-8-4-3-5-9-17)24(29)26-18-12-13-22(30-2)19(25)16-18/h3-6,8-10,12-14,16,21,23H,7,11,15H2,1-2H3,(H,26,29). The van der Waals surface area contributed by atoms with Crippen molar-refractivity contribution in [2.24, 2.45) is 7.05 Å². The van der Waals surface area contributed by atoms with Gasteiger partial charge in [0.1, 0.15) is 11.8 Å². The molecule has 1 fully saturated rings. The van der Waals surface area contributed by atoms with Gasteiger partial charge >= 0.3 is 0 Å². The van der Waals surface area contributed by atoms with E-state index >= 15 is 0 Å². The molecule has 30 heavy (non-hydrogen) atoms. The summed E-state index contributed by atoms with van der Waals surface area (Å²) in [4.78, 5) is 15.8. The summed E-state index contributed by atoms with van der Waals surface area (Å²) in [6, 6.07) is 19.3. The first-order valence-electron chi connectivity index (χ1n) is 10.1. The topological polar surface area (TPSA) is 46.5 Å². The number of aromatic nitrogens is 1. The molecule has 0 aliphatic carbocycles. The van der Waals surface area contributed by atoms with Crippen molar-refractivity contribution in [3.63, 3.8) is 0 Å². The summed E-state index contributed by atoms with van der Waals surface area (Å²) in [6.45, 7) is 0.867. The summed E-state index contributed by atoms with van der Waals surface area (Å²) in [5.74, 6) is 0.515. The normalized spacial score (nSPS) is 17.6. The third-order valence-corrected chi connectivity index (χ3v) is 6.03. The van der Waals surface area contributed by atoms with Gasteiger partial charge in [-0.15, -0.1) is 0 Å². The summed E-state index contributed by atoms with van der Waals surface area (Å²) >= 11 is 6.26. The van der Waals surface area contributed by atoms with Gasteiger partial charge in [-0.25, -0.2) is 0 Å². The fourth-order valence-electron chi connectivity index (χ4n) is 4.32. The van der Waals surface area contributed by atoms with E-state index in [1.807, 2.05) is 36.4 Å². The van der Waals surface area contributed by atoms with E-state index in [2.05, 4.69) is 40.2 Å². The molecule has 0 spiro atoms. The molecule has 156 valence electrons. The number of anilines is 1. The molecule has 0 bridgehead atoms. The number of halogens is 1. The molecule has 1 saturated heterocycles. The fourth-order valence-corrected chi connectivity index (χ4v) is 4.58. The van der Waals surface area contributed by atoms with Crippen molar-refractivity contribution in [1.29, 1.82) is 0 Å². The Morgan fingerprint density at radius 3 is 2.63 bits per heavy atom. The van der Waals surface area contributed by atoms with Crippen molar-refractivity contribution < 1.29 is 9.53 Å². The highest BCUT2D eigenvalue weighted by molar-refractivity contribution is 6.32. The van der Waals surface area contributed by atoms with Crippen LogP contribution in [0.25, 0.3) is 0 Å². The third-order valence-electron chi connectivity index (χ3n) is 5.73. The van der Waals surface area contributed by atoms with E-state index in [1.165, 1.54) is 5.69 Å². The van der Waals surface area contributed by atoms with E-state index in [0.717, 1.165) is 24.9 Å². The minimum atomic E-state index is -0.394. The number of methoxy groups -OCH3 is 1. The van der Waals surface area contributed by atoms with Crippen LogP contribution in [0.5, 0.6) is 5.75 Å². The smallest absolute Gasteiger partial charge is 0.246 e. The molecule has 2 heterocycles. The molecule has 3 aromatic rings. The van der Waals surface area contributed by atoms with Crippen LogP contribution in [0.3, 0.4) is 0 Å². The Bertz CT molecular complexity index is 1020. The zero-order valence-corrected chi connectivity index (χ0v) is 18.0. The number of hydrogen-bond acceptors (Lipinski definition) is 3.